The van der Waals surface area contributed by atoms with Crippen molar-refractivity contribution in [1.29, 1.82) is 5.26 Å². The highest BCUT2D eigenvalue weighted by Gasteiger charge is 2.56. The standard InChI is InChI=1S/C19H24N6O4/c1-19(2)28-14-12(9-26)27-18(15(14)29-19)25-17-11(8-21-25)16(23-13(7-20)24-17)22-10-5-3-4-6-10/h8,10,12,14-15,18,26H,3-6,9H2,1-2H3,(H,22,23,24)/t12?,14-,15-,18-/m1/s1. The van der Waals surface area contributed by atoms with Gasteiger partial charge < -0.3 is 24.6 Å². The van der Waals surface area contributed by atoms with Gasteiger partial charge in [0.15, 0.2) is 17.7 Å². The molecule has 10 nitrogen and oxygen atoms in total. The average molecular weight is 400 g/mol. The van der Waals surface area contributed by atoms with Crippen molar-refractivity contribution in [3.05, 3.63) is 12.0 Å². The lowest BCUT2D eigenvalue weighted by Crippen LogP contribution is -2.31. The summed E-state index contributed by atoms with van der Waals surface area (Å²) in [4.78, 5) is 8.75. The molecule has 2 saturated heterocycles. The maximum atomic E-state index is 9.73. The van der Waals surface area contributed by atoms with Crippen LogP contribution in [-0.4, -0.2) is 61.6 Å². The van der Waals surface area contributed by atoms with Crippen LogP contribution >= 0.6 is 0 Å². The van der Waals surface area contributed by atoms with E-state index >= 15 is 0 Å². The third-order valence-electron chi connectivity index (χ3n) is 5.80. The van der Waals surface area contributed by atoms with E-state index in [4.69, 9.17) is 14.2 Å². The summed E-state index contributed by atoms with van der Waals surface area (Å²) in [5.74, 6) is -0.103. The first-order valence-electron chi connectivity index (χ1n) is 10.0. The number of aliphatic hydroxyl groups excluding tert-OH is 1. The molecule has 2 aliphatic heterocycles. The number of nitrogens with one attached hydrogen (secondary N) is 1. The van der Waals surface area contributed by atoms with Crippen LogP contribution in [0, 0.1) is 11.3 Å². The van der Waals surface area contributed by atoms with E-state index in [-0.39, 0.29) is 12.4 Å². The summed E-state index contributed by atoms with van der Waals surface area (Å²) in [6, 6.07) is 2.37. The molecule has 1 unspecified atom stereocenters. The van der Waals surface area contributed by atoms with E-state index < -0.39 is 30.3 Å². The second-order valence-electron chi connectivity index (χ2n) is 8.27. The van der Waals surface area contributed by atoms with Gasteiger partial charge in [0, 0.05) is 6.04 Å². The Hall–Kier alpha value is -2.32. The number of hydrogen-bond acceptors (Lipinski definition) is 9. The maximum absolute atomic E-state index is 9.73. The molecule has 5 rings (SSSR count). The van der Waals surface area contributed by atoms with E-state index in [1.807, 2.05) is 19.9 Å². The zero-order valence-electron chi connectivity index (χ0n) is 16.4. The Balaban J connectivity index is 1.55. The first-order chi connectivity index (χ1) is 14.0. The first kappa shape index (κ1) is 18.7. The smallest absolute Gasteiger partial charge is 0.236 e. The van der Waals surface area contributed by atoms with Gasteiger partial charge in [-0.3, -0.25) is 0 Å². The van der Waals surface area contributed by atoms with Gasteiger partial charge in [0.25, 0.3) is 0 Å². The Morgan fingerprint density at radius 3 is 2.76 bits per heavy atom. The third-order valence-corrected chi connectivity index (χ3v) is 5.80. The predicted molar refractivity (Wildman–Crippen MR) is 101 cm³/mol. The van der Waals surface area contributed by atoms with Crippen LogP contribution in [0.1, 0.15) is 51.6 Å². The fraction of sp³-hybridized carbons (Fsp3) is 0.684. The zero-order chi connectivity index (χ0) is 20.2. The molecule has 2 aromatic rings. The van der Waals surface area contributed by atoms with Crippen molar-refractivity contribution in [2.75, 3.05) is 11.9 Å². The molecule has 3 fully saturated rings. The first-order valence-corrected chi connectivity index (χ1v) is 10.0. The Bertz CT molecular complexity index is 963. The average Bonchev–Trinajstić information content (AvgIpc) is 3.45. The van der Waals surface area contributed by atoms with Gasteiger partial charge in [0.05, 0.1) is 18.2 Å². The highest BCUT2D eigenvalue weighted by Crippen LogP contribution is 2.43. The van der Waals surface area contributed by atoms with Crippen LogP contribution in [0.2, 0.25) is 0 Å². The monoisotopic (exact) mass is 400 g/mol. The fourth-order valence-corrected chi connectivity index (χ4v) is 4.54. The van der Waals surface area contributed by atoms with E-state index in [0.717, 1.165) is 18.2 Å². The zero-order valence-corrected chi connectivity index (χ0v) is 16.4. The highest BCUT2D eigenvalue weighted by molar-refractivity contribution is 5.87. The van der Waals surface area contributed by atoms with Crippen LogP contribution in [-0.2, 0) is 14.2 Å². The van der Waals surface area contributed by atoms with E-state index in [9.17, 15) is 10.4 Å². The normalized spacial score (nSPS) is 31.2. The maximum Gasteiger partial charge on any atom is 0.236 e. The lowest BCUT2D eigenvalue weighted by atomic mass is 10.1. The van der Waals surface area contributed by atoms with Crippen LogP contribution in [0.3, 0.4) is 0 Å². The topological polar surface area (TPSA) is 127 Å². The van der Waals surface area contributed by atoms with Crippen LogP contribution in [0.4, 0.5) is 5.82 Å². The third kappa shape index (κ3) is 3.14. The summed E-state index contributed by atoms with van der Waals surface area (Å²) in [7, 11) is 0. The molecule has 2 aromatic heterocycles. The Labute approximate surface area is 167 Å². The minimum atomic E-state index is -0.782. The summed E-state index contributed by atoms with van der Waals surface area (Å²) in [5.41, 5.74) is 0.493. The van der Waals surface area contributed by atoms with Crippen molar-refractivity contribution in [2.45, 2.75) is 75.9 Å². The second-order valence-corrected chi connectivity index (χ2v) is 8.27. The van der Waals surface area contributed by atoms with Gasteiger partial charge in [-0.05, 0) is 26.7 Å². The van der Waals surface area contributed by atoms with Gasteiger partial charge in [-0.25, -0.2) is 9.67 Å². The molecule has 29 heavy (non-hydrogen) atoms. The van der Waals surface area contributed by atoms with Gasteiger partial charge in [0.2, 0.25) is 5.82 Å². The minimum Gasteiger partial charge on any atom is -0.394 e. The molecule has 0 radical (unpaired) electrons. The molecule has 2 N–H and O–H groups in total. The molecule has 154 valence electrons. The highest BCUT2D eigenvalue weighted by atomic mass is 16.8. The van der Waals surface area contributed by atoms with Crippen molar-refractivity contribution < 1.29 is 19.3 Å². The van der Waals surface area contributed by atoms with Gasteiger partial charge in [-0.1, -0.05) is 12.8 Å². The molecule has 0 aromatic carbocycles. The largest absolute Gasteiger partial charge is 0.394 e. The minimum absolute atomic E-state index is 0.0666. The summed E-state index contributed by atoms with van der Waals surface area (Å²) in [5, 5.41) is 27.8. The van der Waals surface area contributed by atoms with Crippen molar-refractivity contribution in [3.63, 3.8) is 0 Å². The molecule has 4 heterocycles. The summed E-state index contributed by atoms with van der Waals surface area (Å²) >= 11 is 0. The number of hydrogen-bond donors (Lipinski definition) is 2. The van der Waals surface area contributed by atoms with E-state index in [0.29, 0.717) is 17.5 Å². The van der Waals surface area contributed by atoms with Crippen molar-refractivity contribution in [2.24, 2.45) is 0 Å². The van der Waals surface area contributed by atoms with Crippen molar-refractivity contribution >= 4 is 16.9 Å². The van der Waals surface area contributed by atoms with E-state index in [2.05, 4.69) is 20.4 Å². The summed E-state index contributed by atoms with van der Waals surface area (Å²) in [6.07, 6.45) is 4.20. The number of aliphatic hydroxyl groups is 1. The number of rotatable bonds is 4. The van der Waals surface area contributed by atoms with Gasteiger partial charge >= 0.3 is 0 Å². The number of nitriles is 1. The lowest BCUT2D eigenvalue weighted by molar-refractivity contribution is -0.201. The predicted octanol–water partition coefficient (Wildman–Crippen LogP) is 1.46. The van der Waals surface area contributed by atoms with E-state index in [1.165, 1.54) is 12.8 Å². The number of anilines is 1. The molecule has 4 atom stereocenters. The van der Waals surface area contributed by atoms with Gasteiger partial charge in [-0.15, -0.1) is 0 Å². The fourth-order valence-electron chi connectivity index (χ4n) is 4.54. The van der Waals surface area contributed by atoms with Crippen LogP contribution in [0.15, 0.2) is 6.20 Å². The number of ether oxygens (including phenoxy) is 3. The Kier molecular flexibility index (Phi) is 4.43. The molecule has 1 aliphatic carbocycles. The van der Waals surface area contributed by atoms with Crippen molar-refractivity contribution in [1.82, 2.24) is 19.7 Å². The number of aromatic nitrogens is 4. The molecular weight excluding hydrogens is 376 g/mol. The van der Waals surface area contributed by atoms with Crippen molar-refractivity contribution in [3.8, 4) is 6.07 Å². The lowest BCUT2D eigenvalue weighted by Gasteiger charge is -2.23. The summed E-state index contributed by atoms with van der Waals surface area (Å²) in [6.45, 7) is 3.47. The van der Waals surface area contributed by atoms with Gasteiger partial charge in [-0.2, -0.15) is 15.3 Å². The molecule has 0 spiro atoms. The number of fused-ring (bicyclic) bond motifs is 2. The Morgan fingerprint density at radius 1 is 1.28 bits per heavy atom. The number of nitrogens with zero attached hydrogens (tertiary/aromatic N) is 5. The molecule has 1 saturated carbocycles. The molecule has 0 amide bonds. The quantitative estimate of drug-likeness (QED) is 0.784. The molecule has 10 heteroatoms. The van der Waals surface area contributed by atoms with E-state index in [1.54, 1.807) is 10.9 Å². The van der Waals surface area contributed by atoms with Crippen LogP contribution in [0.5, 0.6) is 0 Å². The molecule has 3 aliphatic rings. The second kappa shape index (κ2) is 6.88. The molecular formula is C19H24N6O4. The summed E-state index contributed by atoms with van der Waals surface area (Å²) < 4.78 is 19.6. The van der Waals surface area contributed by atoms with Crippen LogP contribution in [0.25, 0.3) is 11.0 Å². The van der Waals surface area contributed by atoms with Gasteiger partial charge in [0.1, 0.15) is 30.2 Å². The van der Waals surface area contributed by atoms with Crippen LogP contribution < -0.4 is 5.32 Å². The molecule has 0 bridgehead atoms. The Morgan fingerprint density at radius 2 is 2.03 bits per heavy atom. The SMILES string of the molecule is CC1(C)O[C@@H]2[C@H](O1)C(CO)O[C@H]2n1ncc2c(NC3CCCC3)nc(C#N)nc21.